The number of ketones is 3. The van der Waals surface area contributed by atoms with Crippen molar-refractivity contribution in [3.05, 3.63) is 0 Å². The molecule has 644 valence electrons. The number of Topliss-reactive ketones (excluding diaryl/α,β-unsaturated/α-hetero) is 3. The maximum absolute atomic E-state index is 15.1. The second-order valence-electron chi connectivity index (χ2n) is 41.0. The van der Waals surface area contributed by atoms with Gasteiger partial charge in [-0.05, 0) is 302 Å². The van der Waals surface area contributed by atoms with Crippen LogP contribution in [0.2, 0.25) is 0 Å². The maximum atomic E-state index is 15.1. The fourth-order valence-electron chi connectivity index (χ4n) is 13.0. The van der Waals surface area contributed by atoms with Crippen molar-refractivity contribution in [2.75, 3.05) is 39.3 Å². The van der Waals surface area contributed by atoms with Crippen molar-refractivity contribution in [3.63, 3.8) is 0 Å². The van der Waals surface area contributed by atoms with E-state index in [4.69, 9.17) is 5.73 Å². The van der Waals surface area contributed by atoms with Crippen LogP contribution in [0.1, 0.15) is 367 Å². The Balaban J connectivity index is 7.31. The van der Waals surface area contributed by atoms with Gasteiger partial charge in [-0.15, -0.1) is 0 Å². The molecule has 0 saturated carbocycles. The molecule has 8 atom stereocenters. The lowest BCUT2D eigenvalue weighted by Crippen LogP contribution is -2.57. The van der Waals surface area contributed by atoms with Crippen LogP contribution in [0.4, 0.5) is 0 Å². The zero-order chi connectivity index (χ0) is 84.5. The summed E-state index contributed by atoms with van der Waals surface area (Å²) >= 11 is 0. The fraction of sp³-hybridized carbons (Fsp3) is 0.897. The highest BCUT2D eigenvalue weighted by Crippen LogP contribution is 2.25. The molecule has 15 N–H and O–H groups in total. The van der Waals surface area contributed by atoms with Crippen LogP contribution in [0.3, 0.4) is 0 Å². The normalized spacial score (nSPS) is 15.2. The van der Waals surface area contributed by atoms with Crippen LogP contribution in [0, 0.1) is 11.3 Å². The molecule has 23 heteroatoms. The minimum absolute atomic E-state index is 0.00349. The summed E-state index contributed by atoms with van der Waals surface area (Å²) in [6.07, 6.45) is 15.5. The molecule has 0 heterocycles. The van der Waals surface area contributed by atoms with Gasteiger partial charge in [0.1, 0.15) is 23.7 Å². The highest BCUT2D eigenvalue weighted by molar-refractivity contribution is 5.94. The Bertz CT molecular complexity index is 2660. The number of hydrogen-bond acceptors (Lipinski definition) is 17. The molecular formula is C87H172N14O9. The summed E-state index contributed by atoms with van der Waals surface area (Å²) in [6, 6.07) is -4.85. The van der Waals surface area contributed by atoms with E-state index in [0.29, 0.717) is 89.9 Å². The quantitative estimate of drug-likeness (QED) is 0.0252. The van der Waals surface area contributed by atoms with Crippen molar-refractivity contribution in [2.45, 2.75) is 453 Å². The molecule has 0 aromatic carbocycles. The monoisotopic (exact) mass is 1560 g/mol. The van der Waals surface area contributed by atoms with Crippen molar-refractivity contribution < 1.29 is 43.2 Å². The summed E-state index contributed by atoms with van der Waals surface area (Å²) in [6.45, 7) is 59.2. The molecule has 110 heavy (non-hydrogen) atoms. The van der Waals surface area contributed by atoms with Gasteiger partial charge in [0.25, 0.3) is 0 Å². The number of unbranched alkanes of at least 4 members (excludes halogenated alkanes) is 9. The van der Waals surface area contributed by atoms with Gasteiger partial charge >= 0.3 is 0 Å². The summed E-state index contributed by atoms with van der Waals surface area (Å²) in [5, 5.41) is 43.9. The molecule has 0 rings (SSSR count). The summed E-state index contributed by atoms with van der Waals surface area (Å²) < 4.78 is 0. The van der Waals surface area contributed by atoms with Crippen LogP contribution in [-0.2, 0) is 43.2 Å². The van der Waals surface area contributed by atoms with Crippen LogP contribution < -0.4 is 74.9 Å². The van der Waals surface area contributed by atoms with E-state index in [1.165, 1.54) is 0 Å². The molecule has 23 nitrogen and oxygen atoms in total. The summed E-state index contributed by atoms with van der Waals surface area (Å²) in [4.78, 5) is 127. The van der Waals surface area contributed by atoms with Crippen molar-refractivity contribution in [1.82, 2.24) is 69.1 Å². The first kappa shape index (κ1) is 106. The van der Waals surface area contributed by atoms with Gasteiger partial charge in [0.2, 0.25) is 35.4 Å². The number of carbonyl (C=O) groups is 9. The smallest absolute Gasteiger partial charge is 0.243 e. The Morgan fingerprint density at radius 3 is 0.864 bits per heavy atom. The number of nitrogens with two attached hydrogens (primary N) is 1. The molecule has 8 unspecified atom stereocenters. The second kappa shape index (κ2) is 51.5. The molecule has 0 aliphatic heterocycles. The lowest BCUT2D eigenvalue weighted by Gasteiger charge is -2.30. The molecule has 0 spiro atoms. The Morgan fingerprint density at radius 1 is 0.255 bits per heavy atom. The van der Waals surface area contributed by atoms with Crippen LogP contribution in [0.5, 0.6) is 0 Å². The van der Waals surface area contributed by atoms with Gasteiger partial charge in [0, 0.05) is 88.0 Å². The molecule has 0 bridgehead atoms. The van der Waals surface area contributed by atoms with E-state index in [-0.39, 0.29) is 125 Å². The Labute approximate surface area is 671 Å². The van der Waals surface area contributed by atoms with Crippen LogP contribution in [0.25, 0.3) is 0 Å². The third-order valence-corrected chi connectivity index (χ3v) is 18.8. The van der Waals surface area contributed by atoms with Gasteiger partial charge in [-0.25, -0.2) is 0 Å². The molecule has 0 fully saturated rings. The van der Waals surface area contributed by atoms with E-state index in [0.717, 1.165) is 84.0 Å². The predicted octanol–water partition coefficient (Wildman–Crippen LogP) is 12.0. The molecule has 0 saturated heterocycles. The number of carbonyl (C=O) groups excluding carboxylic acids is 9. The molecule has 0 radical (unpaired) electrons. The Morgan fingerprint density at radius 2 is 0.509 bits per heavy atom. The summed E-state index contributed by atoms with van der Waals surface area (Å²) in [5.41, 5.74) is 3.64. The first-order valence-corrected chi connectivity index (χ1v) is 42.8. The average Bonchev–Trinajstić information content (AvgIpc) is 0.874. The van der Waals surface area contributed by atoms with Gasteiger partial charge < -0.3 is 74.9 Å². The lowest BCUT2D eigenvalue weighted by atomic mass is 9.83. The largest absolute Gasteiger partial charge is 0.369 e. The van der Waals surface area contributed by atoms with E-state index in [2.05, 4.69) is 173 Å². The van der Waals surface area contributed by atoms with Crippen LogP contribution >= 0.6 is 0 Å². The Kier molecular flexibility index (Phi) is 49.4. The molecule has 0 aliphatic rings. The van der Waals surface area contributed by atoms with Crippen LogP contribution in [-0.4, -0.2) is 179 Å². The van der Waals surface area contributed by atoms with Crippen molar-refractivity contribution >= 4 is 52.8 Å². The minimum atomic E-state index is -1.02. The summed E-state index contributed by atoms with van der Waals surface area (Å²) in [7, 11) is 0. The van der Waals surface area contributed by atoms with Crippen molar-refractivity contribution in [1.29, 1.82) is 0 Å². The number of amides is 6. The predicted molar refractivity (Wildman–Crippen MR) is 456 cm³/mol. The van der Waals surface area contributed by atoms with Gasteiger partial charge in [-0.2, -0.15) is 0 Å². The molecular weight excluding hydrogens is 1390 g/mol. The number of primary amides is 1. The van der Waals surface area contributed by atoms with E-state index >= 15 is 4.79 Å². The third kappa shape index (κ3) is 58.4. The topological polar surface area (TPSA) is 336 Å². The van der Waals surface area contributed by atoms with E-state index in [1.54, 1.807) is 0 Å². The van der Waals surface area contributed by atoms with Gasteiger partial charge in [-0.1, -0.05) is 72.1 Å². The number of hydrogen-bond donors (Lipinski definition) is 14. The van der Waals surface area contributed by atoms with E-state index < -0.39 is 70.5 Å². The minimum Gasteiger partial charge on any atom is -0.369 e. The van der Waals surface area contributed by atoms with Crippen molar-refractivity contribution in [2.24, 2.45) is 17.1 Å². The maximum Gasteiger partial charge on any atom is 0.243 e. The fourth-order valence-corrected chi connectivity index (χ4v) is 13.0. The molecule has 0 aromatic heterocycles. The summed E-state index contributed by atoms with van der Waals surface area (Å²) in [5.74, 6) is -2.86. The van der Waals surface area contributed by atoms with E-state index in [1.807, 2.05) is 83.1 Å². The van der Waals surface area contributed by atoms with Gasteiger partial charge in [-0.3, -0.25) is 43.2 Å². The number of nitrogens with one attached hydrogen (secondary N) is 13. The highest BCUT2D eigenvalue weighted by atomic mass is 16.2. The lowest BCUT2D eigenvalue weighted by molar-refractivity contribution is -0.132. The molecule has 6 amide bonds. The molecule has 0 aliphatic carbocycles. The first-order chi connectivity index (χ1) is 50.4. The Hall–Kier alpha value is -4.49. The van der Waals surface area contributed by atoms with Gasteiger partial charge in [0.05, 0.1) is 30.2 Å². The average molecular weight is 1560 g/mol. The molecule has 0 aromatic rings. The van der Waals surface area contributed by atoms with E-state index in [9.17, 15) is 38.4 Å². The number of rotatable bonds is 58. The van der Waals surface area contributed by atoms with Gasteiger partial charge in [0.15, 0.2) is 5.78 Å². The second-order valence-corrected chi connectivity index (χ2v) is 41.0. The zero-order valence-electron chi connectivity index (χ0n) is 75.4. The SMILES string of the molecule is CC(C)(C)NCCCCC(NC(C)(C)C)C(=O)CCCCCC(NC(=O)C(CCCCNC(C)(C)C)NC(C)(C)C)C(=O)NC(CCCCNC(=O)C(CCCNC(=O)C(CCCCNC(C)(C)C)NC(C)(C)C)NC(=O)C(CCCCNC(C)(C)C)NC(C)(C)C)C(=O)CCCCCC(CC(=O)C(C)(C)C)C(N)=O. The third-order valence-electron chi connectivity index (χ3n) is 18.8. The zero-order valence-corrected chi connectivity index (χ0v) is 75.4. The first-order valence-electron chi connectivity index (χ1n) is 42.8. The van der Waals surface area contributed by atoms with Crippen molar-refractivity contribution in [3.8, 4) is 0 Å². The standard InChI is InChI=1S/C87H172N14O9/c1-79(2,3)72(104)61-62(73(88)105)45-30-28-32-53-70(102)63(95-76(108)66(97-78(110)69(101-87(25,26)27)51-38-43-60-94-83(13,14)15)48-31-29-33-54-71(103)64(98-84(16,17)18)47-35-40-57-91-80(4,5)6)46-34-39-55-89-74(106)65(96-77(109)68(100-86(22,23)24)50-37-42-59-93-82(10,11)12)52-44-56-90-75(107)67(99-85(19,20)21)49-36-41-58-92-81(7,8)9/h62-69,91-94,98-101H,28-61H2,1-27H3,(H2,88,105)(H,89,106)(H,90,107)(H,95,108)(H,96,109)(H,97,110). The van der Waals surface area contributed by atoms with Crippen LogP contribution in [0.15, 0.2) is 0 Å². The highest BCUT2D eigenvalue weighted by Gasteiger charge is 2.34.